The fraction of sp³-hybridized carbons (Fsp3) is 0.600. The molecule has 2 aliphatic rings. The minimum absolute atomic E-state index is 0. The van der Waals surface area contributed by atoms with Crippen molar-refractivity contribution < 1.29 is 56.9 Å². The van der Waals surface area contributed by atoms with Gasteiger partial charge in [-0.25, -0.2) is 0 Å². The molecule has 0 spiro atoms. The Balaban J connectivity index is 0.00000242. The molecule has 0 aromatic carbocycles. The quantitative estimate of drug-likeness (QED) is 0.398. The van der Waals surface area contributed by atoms with E-state index in [2.05, 4.69) is 69.2 Å². The van der Waals surface area contributed by atoms with E-state index in [1.807, 2.05) is 6.66 Å². The number of hydrogen-bond acceptors (Lipinski definition) is 0. The largest absolute Gasteiger partial charge is 1.00 e. The van der Waals surface area contributed by atoms with Crippen LogP contribution >= 0.6 is 0 Å². The van der Waals surface area contributed by atoms with Crippen LogP contribution in [0.5, 0.6) is 0 Å². The summed E-state index contributed by atoms with van der Waals surface area (Å²) in [5.74, 6) is 0. The fourth-order valence-corrected chi connectivity index (χ4v) is 11.0. The van der Waals surface area contributed by atoms with E-state index in [4.69, 9.17) is 0 Å². The van der Waals surface area contributed by atoms with Gasteiger partial charge < -0.3 is 34.0 Å². The smallest absolute Gasteiger partial charge is 1.00 e. The molecule has 23 heavy (non-hydrogen) atoms. The predicted molar refractivity (Wildman–Crippen MR) is 89.7 cm³/mol. The average molecular weight is 609 g/mol. The van der Waals surface area contributed by atoms with Crippen LogP contribution in [0.25, 0.3) is 0 Å². The number of allylic oxidation sites excluding steroid dienone is 8. The summed E-state index contributed by atoms with van der Waals surface area (Å²) in [4.78, 5) is 0. The molecule has 0 saturated carbocycles. The molecule has 0 fully saturated rings. The van der Waals surface area contributed by atoms with E-state index < -0.39 is 22.9 Å². The predicted octanol–water partition coefficient (Wildman–Crippen LogP) is 0.377. The molecule has 0 N–H and O–H groups in total. The Morgan fingerprint density at radius 2 is 0.783 bits per heavy atom. The minimum Gasteiger partial charge on any atom is -1.00 e. The van der Waals surface area contributed by atoms with Crippen LogP contribution < -0.4 is 34.0 Å². The molecular weight excluding hydrogens is 579 g/mol. The first-order chi connectivity index (χ1) is 9.44. The van der Waals surface area contributed by atoms with Crippen molar-refractivity contribution in [3.63, 3.8) is 0 Å². The van der Waals surface area contributed by atoms with Gasteiger partial charge >= 0.3 is 143 Å². The van der Waals surface area contributed by atoms with E-state index in [1.165, 1.54) is 0 Å². The molecular formula is C20H30Br2Hf. The first-order valence-electron chi connectivity index (χ1n) is 8.00. The van der Waals surface area contributed by atoms with Crippen molar-refractivity contribution in [1.29, 1.82) is 0 Å². The van der Waals surface area contributed by atoms with Crippen LogP contribution in [0.2, 0.25) is 0 Å². The first kappa shape index (κ1) is 23.8. The van der Waals surface area contributed by atoms with E-state index >= 15 is 0 Å². The molecule has 0 atom stereocenters. The molecule has 0 bridgehead atoms. The van der Waals surface area contributed by atoms with Gasteiger partial charge in [0.2, 0.25) is 0 Å². The van der Waals surface area contributed by atoms with E-state index in [0.717, 1.165) is 0 Å². The van der Waals surface area contributed by atoms with Gasteiger partial charge in [0.25, 0.3) is 0 Å². The molecule has 0 aromatic rings. The normalized spacial score (nSPS) is 22.3. The fourth-order valence-electron chi connectivity index (χ4n) is 3.81. The van der Waals surface area contributed by atoms with E-state index in [1.54, 1.807) is 33.4 Å². The van der Waals surface area contributed by atoms with Crippen LogP contribution in [0.1, 0.15) is 69.2 Å². The second kappa shape index (κ2) is 7.58. The van der Waals surface area contributed by atoms with Crippen molar-refractivity contribution in [2.45, 2.75) is 69.2 Å². The maximum Gasteiger partial charge on any atom is -1.00 e. The molecule has 3 heteroatoms. The number of hydrogen-bond donors (Lipinski definition) is 0. The van der Waals surface area contributed by atoms with Gasteiger partial charge in [-0.3, -0.25) is 0 Å². The molecule has 0 unspecified atom stereocenters. The number of halogens is 2. The van der Waals surface area contributed by atoms with Crippen LogP contribution in [0, 0.1) is 10.8 Å². The monoisotopic (exact) mass is 608 g/mol. The maximum atomic E-state index is 2.44. The van der Waals surface area contributed by atoms with Crippen molar-refractivity contribution in [2.24, 2.45) is 10.8 Å². The van der Waals surface area contributed by atoms with Crippen molar-refractivity contribution in [3.8, 4) is 0 Å². The molecule has 0 radical (unpaired) electrons. The van der Waals surface area contributed by atoms with Crippen LogP contribution in [0.3, 0.4) is 0 Å². The summed E-state index contributed by atoms with van der Waals surface area (Å²) in [6.07, 6.45) is 0. The topological polar surface area (TPSA) is 0 Å². The second-order valence-electron chi connectivity index (χ2n) is 7.88. The van der Waals surface area contributed by atoms with E-state index in [-0.39, 0.29) is 34.0 Å². The van der Waals surface area contributed by atoms with Gasteiger partial charge in [0.15, 0.2) is 0 Å². The summed E-state index contributed by atoms with van der Waals surface area (Å²) in [6.45, 7) is 23.8. The van der Waals surface area contributed by atoms with Gasteiger partial charge in [0.1, 0.15) is 0 Å². The SMILES string of the molecule is CC1=C(C)C(C)(C)[C]([Hf+2][C]2=C(C)C(C)=C(C)C2(C)C)=C1C.[Br-].[Br-]. The Hall–Kier alpha value is 0.790. The van der Waals surface area contributed by atoms with Crippen molar-refractivity contribution in [3.05, 3.63) is 40.1 Å². The molecule has 2 aliphatic carbocycles. The Bertz CT molecular complexity index is 585. The molecule has 0 aliphatic heterocycles. The Kier molecular flexibility index (Phi) is 7.84. The van der Waals surface area contributed by atoms with Gasteiger partial charge in [-0.05, 0) is 0 Å². The van der Waals surface area contributed by atoms with Gasteiger partial charge in [-0.1, -0.05) is 0 Å². The van der Waals surface area contributed by atoms with Gasteiger partial charge in [0.05, 0.1) is 0 Å². The van der Waals surface area contributed by atoms with Crippen LogP contribution in [0.4, 0.5) is 0 Å². The Morgan fingerprint density at radius 3 is 0.957 bits per heavy atom. The summed E-state index contributed by atoms with van der Waals surface area (Å²) in [7, 11) is 0. The van der Waals surface area contributed by atoms with Gasteiger partial charge in [0, 0.05) is 0 Å². The molecule has 0 heterocycles. The van der Waals surface area contributed by atoms with Crippen LogP contribution in [-0.4, -0.2) is 0 Å². The summed E-state index contributed by atoms with van der Waals surface area (Å²) in [6, 6.07) is 0. The summed E-state index contributed by atoms with van der Waals surface area (Å²) in [5.41, 5.74) is 10.1. The molecule has 128 valence electrons. The van der Waals surface area contributed by atoms with Crippen molar-refractivity contribution in [2.75, 3.05) is 0 Å². The zero-order valence-electron chi connectivity index (χ0n) is 16.3. The van der Waals surface area contributed by atoms with Crippen LogP contribution in [0.15, 0.2) is 40.1 Å². The molecule has 0 amide bonds. The average Bonchev–Trinajstić information content (AvgIpc) is 2.63. The standard InChI is InChI=1S/2C10H15.2BrH.Hf/c2*1-7-6-10(4,5)9(3)8(7)2;;;/h2*1-5H3;2*1H;/q;;;;+2/p-2. The zero-order chi connectivity index (χ0) is 16.3. The first-order valence-corrected chi connectivity index (χ1v) is 11.6. The Morgan fingerprint density at radius 1 is 0.522 bits per heavy atom. The van der Waals surface area contributed by atoms with Crippen molar-refractivity contribution in [1.82, 2.24) is 0 Å². The molecule has 0 saturated heterocycles. The second-order valence-corrected chi connectivity index (χ2v) is 12.4. The number of rotatable bonds is 2. The van der Waals surface area contributed by atoms with Gasteiger partial charge in [-0.2, -0.15) is 0 Å². The minimum atomic E-state index is -0.997. The Labute approximate surface area is 175 Å². The molecule has 2 rings (SSSR count). The third-order valence-electron chi connectivity index (χ3n) is 6.38. The van der Waals surface area contributed by atoms with E-state index in [9.17, 15) is 0 Å². The molecule has 0 nitrogen and oxygen atoms in total. The van der Waals surface area contributed by atoms with Crippen molar-refractivity contribution >= 4 is 0 Å². The zero-order valence-corrected chi connectivity index (χ0v) is 23.0. The third kappa shape index (κ3) is 3.53. The van der Waals surface area contributed by atoms with E-state index in [0.29, 0.717) is 10.8 Å². The third-order valence-corrected chi connectivity index (χ3v) is 15.4. The summed E-state index contributed by atoms with van der Waals surface area (Å²) >= 11 is -0.997. The summed E-state index contributed by atoms with van der Waals surface area (Å²) in [5, 5.41) is 0. The van der Waals surface area contributed by atoms with Gasteiger partial charge in [-0.15, -0.1) is 0 Å². The summed E-state index contributed by atoms with van der Waals surface area (Å²) < 4.78 is 3.64. The van der Waals surface area contributed by atoms with Crippen LogP contribution in [-0.2, 0) is 22.9 Å². The molecule has 0 aromatic heterocycles. The maximum absolute atomic E-state index is 2.44.